The van der Waals surface area contributed by atoms with Crippen LogP contribution < -0.4 is 5.56 Å². The quantitative estimate of drug-likeness (QED) is 0.695. The molecule has 2 aliphatic rings. The SMILES string of the molecule is O=C(c1c[nH]c2ccccc12)N1CCN(CCn2nc3c(cc2=O)CSCC3)CC1. The second-order valence-corrected chi connectivity index (χ2v) is 8.97. The second-order valence-electron chi connectivity index (χ2n) is 7.86. The highest BCUT2D eigenvalue weighted by molar-refractivity contribution is 7.98. The van der Waals surface area contributed by atoms with Gasteiger partial charge in [0.2, 0.25) is 0 Å². The first kappa shape index (κ1) is 19.4. The van der Waals surface area contributed by atoms with Crippen molar-refractivity contribution in [3.63, 3.8) is 0 Å². The van der Waals surface area contributed by atoms with Gasteiger partial charge in [0.1, 0.15) is 0 Å². The van der Waals surface area contributed by atoms with Crippen LogP contribution in [-0.4, -0.2) is 68.9 Å². The van der Waals surface area contributed by atoms with E-state index in [1.54, 1.807) is 10.7 Å². The molecule has 0 radical (unpaired) electrons. The molecule has 3 aromatic rings. The summed E-state index contributed by atoms with van der Waals surface area (Å²) in [6.07, 6.45) is 2.75. The van der Waals surface area contributed by atoms with E-state index in [0.29, 0.717) is 19.6 Å². The lowest BCUT2D eigenvalue weighted by molar-refractivity contribution is 0.0633. The topological polar surface area (TPSA) is 74.2 Å². The molecule has 2 aliphatic heterocycles. The lowest BCUT2D eigenvalue weighted by atomic mass is 10.1. The van der Waals surface area contributed by atoms with E-state index in [0.717, 1.165) is 65.3 Å². The number of nitrogens with zero attached hydrogens (tertiary/aromatic N) is 4. The smallest absolute Gasteiger partial charge is 0.267 e. The number of thioether (sulfide) groups is 1. The van der Waals surface area contributed by atoms with Crippen LogP contribution in [-0.2, 0) is 18.7 Å². The van der Waals surface area contributed by atoms with E-state index in [1.807, 2.05) is 47.1 Å². The molecular weight excluding hydrogens is 398 g/mol. The van der Waals surface area contributed by atoms with Gasteiger partial charge in [-0.3, -0.25) is 14.5 Å². The van der Waals surface area contributed by atoms with Gasteiger partial charge in [0.25, 0.3) is 11.5 Å². The van der Waals surface area contributed by atoms with Crippen molar-refractivity contribution in [2.75, 3.05) is 38.5 Å². The van der Waals surface area contributed by atoms with Crippen LogP contribution in [0.3, 0.4) is 0 Å². The number of carbonyl (C=O) groups is 1. The molecule has 8 heteroatoms. The fourth-order valence-corrected chi connectivity index (χ4v) is 5.19. The Hall–Kier alpha value is -2.58. The molecule has 0 atom stereocenters. The summed E-state index contributed by atoms with van der Waals surface area (Å²) in [7, 11) is 0. The Kier molecular flexibility index (Phi) is 5.35. The van der Waals surface area contributed by atoms with Gasteiger partial charge in [-0.1, -0.05) is 18.2 Å². The van der Waals surface area contributed by atoms with Crippen molar-refractivity contribution in [3.05, 3.63) is 63.7 Å². The number of rotatable bonds is 4. The van der Waals surface area contributed by atoms with E-state index in [9.17, 15) is 9.59 Å². The van der Waals surface area contributed by atoms with E-state index in [4.69, 9.17) is 0 Å². The summed E-state index contributed by atoms with van der Waals surface area (Å²) in [5.41, 5.74) is 3.88. The zero-order chi connectivity index (χ0) is 20.5. The monoisotopic (exact) mass is 423 g/mol. The number of aryl methyl sites for hydroxylation is 1. The zero-order valence-corrected chi connectivity index (χ0v) is 17.7. The molecule has 2 aromatic heterocycles. The van der Waals surface area contributed by atoms with Gasteiger partial charge in [0.05, 0.1) is 17.8 Å². The first-order valence-electron chi connectivity index (χ1n) is 10.4. The van der Waals surface area contributed by atoms with Crippen LogP contribution in [0.15, 0.2) is 41.3 Å². The molecule has 7 nitrogen and oxygen atoms in total. The summed E-state index contributed by atoms with van der Waals surface area (Å²) in [5, 5.41) is 5.57. The minimum Gasteiger partial charge on any atom is -0.360 e. The molecule has 1 N–H and O–H groups in total. The van der Waals surface area contributed by atoms with Crippen molar-refractivity contribution in [2.24, 2.45) is 0 Å². The Balaban J connectivity index is 1.19. The Morgan fingerprint density at radius 1 is 1.13 bits per heavy atom. The van der Waals surface area contributed by atoms with Crippen LogP contribution in [0.4, 0.5) is 0 Å². The van der Waals surface area contributed by atoms with Crippen LogP contribution in [0.5, 0.6) is 0 Å². The van der Waals surface area contributed by atoms with Gasteiger partial charge < -0.3 is 9.88 Å². The van der Waals surface area contributed by atoms with Crippen LogP contribution in [0.2, 0.25) is 0 Å². The van der Waals surface area contributed by atoms with E-state index < -0.39 is 0 Å². The average molecular weight is 424 g/mol. The summed E-state index contributed by atoms with van der Waals surface area (Å²) < 4.78 is 1.61. The number of aromatic amines is 1. The molecule has 0 bridgehead atoms. The number of fused-ring (bicyclic) bond motifs is 2. The molecule has 156 valence electrons. The molecule has 1 fully saturated rings. The maximum Gasteiger partial charge on any atom is 0.267 e. The number of hydrogen-bond donors (Lipinski definition) is 1. The van der Waals surface area contributed by atoms with E-state index in [-0.39, 0.29) is 11.5 Å². The molecule has 30 heavy (non-hydrogen) atoms. The maximum absolute atomic E-state index is 13.0. The third kappa shape index (κ3) is 3.77. The van der Waals surface area contributed by atoms with Crippen molar-refractivity contribution in [1.29, 1.82) is 0 Å². The van der Waals surface area contributed by atoms with Crippen LogP contribution >= 0.6 is 11.8 Å². The molecule has 1 amide bonds. The van der Waals surface area contributed by atoms with Crippen LogP contribution in [0.25, 0.3) is 10.9 Å². The number of para-hydroxylation sites is 1. The number of amides is 1. The standard InChI is InChI=1S/C22H25N5O2S/c28-21-13-16-15-30-12-5-19(16)24-27(21)11-8-25-6-9-26(10-7-25)22(29)18-14-23-20-4-2-1-3-17(18)20/h1-4,13-14,23H,5-12,15H2. The minimum absolute atomic E-state index is 0.00982. The number of hydrogen-bond acceptors (Lipinski definition) is 5. The summed E-state index contributed by atoms with van der Waals surface area (Å²) >= 11 is 1.86. The highest BCUT2D eigenvalue weighted by Crippen LogP contribution is 2.22. The van der Waals surface area contributed by atoms with Crippen molar-refractivity contribution >= 4 is 28.6 Å². The fraction of sp³-hybridized carbons (Fsp3) is 0.409. The largest absolute Gasteiger partial charge is 0.360 e. The third-order valence-corrected chi connectivity index (χ3v) is 7.02. The summed E-state index contributed by atoms with van der Waals surface area (Å²) in [4.78, 5) is 32.7. The van der Waals surface area contributed by atoms with Gasteiger partial charge in [-0.25, -0.2) is 4.68 Å². The summed E-state index contributed by atoms with van der Waals surface area (Å²) in [6.45, 7) is 4.38. The average Bonchev–Trinajstić information content (AvgIpc) is 3.22. The van der Waals surface area contributed by atoms with Crippen molar-refractivity contribution in [3.8, 4) is 0 Å². The summed E-state index contributed by atoms with van der Waals surface area (Å²) in [5.74, 6) is 2.05. The van der Waals surface area contributed by atoms with E-state index >= 15 is 0 Å². The second kappa shape index (κ2) is 8.28. The predicted molar refractivity (Wildman–Crippen MR) is 119 cm³/mol. The lowest BCUT2D eigenvalue weighted by Gasteiger charge is -2.34. The molecule has 0 saturated carbocycles. The fourth-order valence-electron chi connectivity index (χ4n) is 4.24. The van der Waals surface area contributed by atoms with Crippen LogP contribution in [0.1, 0.15) is 21.6 Å². The molecule has 0 unspecified atom stereocenters. The molecule has 1 saturated heterocycles. The zero-order valence-electron chi connectivity index (χ0n) is 16.8. The molecule has 0 aliphatic carbocycles. The molecule has 5 rings (SSSR count). The first-order chi connectivity index (χ1) is 14.7. The molecule has 0 spiro atoms. The van der Waals surface area contributed by atoms with Crippen molar-refractivity contribution < 1.29 is 4.79 Å². The van der Waals surface area contributed by atoms with Gasteiger partial charge in [-0.15, -0.1) is 0 Å². The number of H-pyrrole nitrogens is 1. The Labute approximate surface area is 179 Å². The Morgan fingerprint density at radius 3 is 2.83 bits per heavy atom. The number of benzene rings is 1. The number of aromatic nitrogens is 3. The van der Waals surface area contributed by atoms with Gasteiger partial charge in [0.15, 0.2) is 0 Å². The molecule has 1 aromatic carbocycles. The Bertz CT molecular complexity index is 1130. The maximum atomic E-state index is 13.0. The van der Waals surface area contributed by atoms with E-state index in [1.165, 1.54) is 0 Å². The normalized spacial score (nSPS) is 17.3. The number of carbonyl (C=O) groups excluding carboxylic acids is 1. The predicted octanol–water partition coefficient (Wildman–Crippen LogP) is 1.97. The van der Waals surface area contributed by atoms with Gasteiger partial charge in [-0.2, -0.15) is 16.9 Å². The van der Waals surface area contributed by atoms with E-state index in [2.05, 4.69) is 15.0 Å². The third-order valence-electron chi connectivity index (χ3n) is 6.01. The molecule has 4 heterocycles. The van der Waals surface area contributed by atoms with Crippen molar-refractivity contribution in [2.45, 2.75) is 18.7 Å². The van der Waals surface area contributed by atoms with Crippen LogP contribution in [0, 0.1) is 0 Å². The highest BCUT2D eigenvalue weighted by Gasteiger charge is 2.24. The highest BCUT2D eigenvalue weighted by atomic mass is 32.2. The first-order valence-corrected chi connectivity index (χ1v) is 11.6. The number of nitrogens with one attached hydrogen (secondary N) is 1. The van der Waals surface area contributed by atoms with Gasteiger partial charge in [-0.05, 0) is 17.4 Å². The summed E-state index contributed by atoms with van der Waals surface area (Å²) in [6, 6.07) is 9.65. The molecular formula is C22H25N5O2S. The van der Waals surface area contributed by atoms with Gasteiger partial charge in [0, 0.05) is 68.1 Å². The Morgan fingerprint density at radius 2 is 1.97 bits per heavy atom. The van der Waals surface area contributed by atoms with Gasteiger partial charge >= 0.3 is 0 Å². The minimum atomic E-state index is -0.00982. The lowest BCUT2D eigenvalue weighted by Crippen LogP contribution is -2.49. The number of piperazine rings is 1. The van der Waals surface area contributed by atoms with Crippen molar-refractivity contribution in [1.82, 2.24) is 24.6 Å².